The number of hydrogen-bond acceptors (Lipinski definition) is 2. The number of nitrogens with one attached hydrogen (secondary N) is 1. The maximum absolute atomic E-state index is 12.5. The minimum atomic E-state index is -0.393. The van der Waals surface area contributed by atoms with Crippen molar-refractivity contribution in [3.05, 3.63) is 64.8 Å². The SMILES string of the molecule is Cc1nn([C@H](C)C(=O)NCc2ccccc2Cl)c2ccccc12. The molecule has 0 saturated heterocycles. The van der Waals surface area contributed by atoms with Gasteiger partial charge in [-0.2, -0.15) is 5.10 Å². The minimum Gasteiger partial charge on any atom is -0.350 e. The predicted octanol–water partition coefficient (Wildman–Crippen LogP) is 3.88. The lowest BCUT2D eigenvalue weighted by Crippen LogP contribution is -2.31. The van der Waals surface area contributed by atoms with Gasteiger partial charge in [-0.15, -0.1) is 0 Å². The molecule has 3 aromatic rings. The van der Waals surface area contributed by atoms with E-state index >= 15 is 0 Å². The van der Waals surface area contributed by atoms with Gasteiger partial charge in [-0.1, -0.05) is 48.0 Å². The van der Waals surface area contributed by atoms with E-state index in [9.17, 15) is 4.79 Å². The molecular formula is C18H18ClN3O. The Hall–Kier alpha value is -2.33. The number of nitrogens with zero attached hydrogens (tertiary/aromatic N) is 2. The van der Waals surface area contributed by atoms with Gasteiger partial charge in [0.15, 0.2) is 0 Å². The lowest BCUT2D eigenvalue weighted by molar-refractivity contribution is -0.124. The Balaban J connectivity index is 1.78. The molecule has 1 amide bonds. The maximum Gasteiger partial charge on any atom is 0.244 e. The van der Waals surface area contributed by atoms with Gasteiger partial charge < -0.3 is 5.32 Å². The Kier molecular flexibility index (Phi) is 4.35. The van der Waals surface area contributed by atoms with Crippen LogP contribution in [0.2, 0.25) is 5.02 Å². The molecule has 1 atom stereocenters. The Morgan fingerprint density at radius 3 is 2.70 bits per heavy atom. The zero-order chi connectivity index (χ0) is 16.4. The van der Waals surface area contributed by atoms with Crippen LogP contribution in [0, 0.1) is 6.92 Å². The number of aromatic nitrogens is 2. The Bertz CT molecular complexity index is 856. The minimum absolute atomic E-state index is 0.0850. The van der Waals surface area contributed by atoms with Crippen LogP contribution in [0.5, 0.6) is 0 Å². The molecule has 118 valence electrons. The lowest BCUT2D eigenvalue weighted by Gasteiger charge is -2.14. The van der Waals surface area contributed by atoms with Crippen LogP contribution in [-0.2, 0) is 11.3 Å². The van der Waals surface area contributed by atoms with Crippen LogP contribution in [0.15, 0.2) is 48.5 Å². The molecule has 5 heteroatoms. The van der Waals surface area contributed by atoms with Gasteiger partial charge in [0.1, 0.15) is 6.04 Å². The molecule has 0 saturated carbocycles. The highest BCUT2D eigenvalue weighted by molar-refractivity contribution is 6.31. The van der Waals surface area contributed by atoms with Gasteiger partial charge in [-0.05, 0) is 31.5 Å². The molecule has 3 rings (SSSR count). The third-order valence-electron chi connectivity index (χ3n) is 3.96. The fraction of sp³-hybridized carbons (Fsp3) is 0.222. The van der Waals surface area contributed by atoms with E-state index in [1.165, 1.54) is 0 Å². The number of amides is 1. The highest BCUT2D eigenvalue weighted by Gasteiger charge is 2.19. The smallest absolute Gasteiger partial charge is 0.244 e. The van der Waals surface area contributed by atoms with Gasteiger partial charge >= 0.3 is 0 Å². The summed E-state index contributed by atoms with van der Waals surface area (Å²) >= 11 is 6.12. The highest BCUT2D eigenvalue weighted by Crippen LogP contribution is 2.21. The summed E-state index contributed by atoms with van der Waals surface area (Å²) in [5, 5.41) is 9.16. The number of fused-ring (bicyclic) bond motifs is 1. The monoisotopic (exact) mass is 327 g/mol. The molecule has 1 N–H and O–H groups in total. The maximum atomic E-state index is 12.5. The van der Waals surface area contributed by atoms with Gasteiger partial charge in [0, 0.05) is 17.0 Å². The van der Waals surface area contributed by atoms with E-state index < -0.39 is 6.04 Å². The summed E-state index contributed by atoms with van der Waals surface area (Å²) in [6, 6.07) is 15.0. The predicted molar refractivity (Wildman–Crippen MR) is 92.5 cm³/mol. The summed E-state index contributed by atoms with van der Waals surface area (Å²) in [4.78, 5) is 12.5. The van der Waals surface area contributed by atoms with Crippen molar-refractivity contribution >= 4 is 28.4 Å². The Labute approximate surface area is 140 Å². The molecule has 0 spiro atoms. The summed E-state index contributed by atoms with van der Waals surface area (Å²) in [5.74, 6) is -0.0850. The number of benzene rings is 2. The van der Waals surface area contributed by atoms with Crippen molar-refractivity contribution in [1.29, 1.82) is 0 Å². The number of halogens is 1. The van der Waals surface area contributed by atoms with Crippen molar-refractivity contribution in [2.75, 3.05) is 0 Å². The lowest BCUT2D eigenvalue weighted by atomic mass is 10.2. The second-order valence-electron chi connectivity index (χ2n) is 5.53. The second-order valence-corrected chi connectivity index (χ2v) is 5.94. The van der Waals surface area contributed by atoms with Crippen molar-refractivity contribution in [3.8, 4) is 0 Å². The summed E-state index contributed by atoms with van der Waals surface area (Å²) in [6.45, 7) is 4.20. The number of rotatable bonds is 4. The van der Waals surface area contributed by atoms with E-state index in [0.717, 1.165) is 22.2 Å². The van der Waals surface area contributed by atoms with Crippen LogP contribution in [0.1, 0.15) is 24.2 Å². The van der Waals surface area contributed by atoms with E-state index in [1.807, 2.05) is 62.4 Å². The molecule has 0 fully saturated rings. The molecule has 0 radical (unpaired) electrons. The summed E-state index contributed by atoms with van der Waals surface area (Å²) < 4.78 is 1.77. The molecule has 0 aliphatic rings. The van der Waals surface area contributed by atoms with E-state index in [2.05, 4.69) is 10.4 Å². The molecule has 0 unspecified atom stereocenters. The first-order valence-electron chi connectivity index (χ1n) is 7.53. The molecule has 1 heterocycles. The first-order chi connectivity index (χ1) is 11.1. The number of hydrogen-bond donors (Lipinski definition) is 1. The molecular weight excluding hydrogens is 310 g/mol. The van der Waals surface area contributed by atoms with Gasteiger partial charge in [-0.25, -0.2) is 0 Å². The number of aryl methyl sites for hydroxylation is 1. The Morgan fingerprint density at radius 1 is 1.22 bits per heavy atom. The van der Waals surface area contributed by atoms with Gasteiger partial charge in [0.25, 0.3) is 0 Å². The van der Waals surface area contributed by atoms with Gasteiger partial charge in [-0.3, -0.25) is 9.48 Å². The Morgan fingerprint density at radius 2 is 1.91 bits per heavy atom. The van der Waals surface area contributed by atoms with Gasteiger partial charge in [0.05, 0.1) is 11.2 Å². The normalized spacial score (nSPS) is 12.3. The fourth-order valence-electron chi connectivity index (χ4n) is 2.63. The number of carbonyl (C=O) groups is 1. The largest absolute Gasteiger partial charge is 0.350 e. The molecule has 23 heavy (non-hydrogen) atoms. The first-order valence-corrected chi connectivity index (χ1v) is 7.90. The fourth-order valence-corrected chi connectivity index (χ4v) is 2.83. The number of para-hydroxylation sites is 1. The quantitative estimate of drug-likeness (QED) is 0.790. The average molecular weight is 328 g/mol. The standard InChI is InChI=1S/C18H18ClN3O/c1-12-15-8-4-6-10-17(15)22(21-12)13(2)18(23)20-11-14-7-3-5-9-16(14)19/h3-10,13H,11H2,1-2H3,(H,20,23)/t13-/m1/s1. The molecule has 0 aliphatic carbocycles. The molecule has 1 aromatic heterocycles. The second kappa shape index (κ2) is 6.42. The van der Waals surface area contributed by atoms with Gasteiger partial charge in [0.2, 0.25) is 5.91 Å². The van der Waals surface area contributed by atoms with Crippen LogP contribution < -0.4 is 5.32 Å². The third kappa shape index (κ3) is 3.08. The van der Waals surface area contributed by atoms with E-state index in [1.54, 1.807) is 4.68 Å². The van der Waals surface area contributed by atoms with Crippen molar-refractivity contribution in [3.63, 3.8) is 0 Å². The summed E-state index contributed by atoms with van der Waals surface area (Å²) in [6.07, 6.45) is 0. The number of carbonyl (C=O) groups excluding carboxylic acids is 1. The zero-order valence-electron chi connectivity index (χ0n) is 13.1. The van der Waals surface area contributed by atoms with Crippen molar-refractivity contribution in [1.82, 2.24) is 15.1 Å². The average Bonchev–Trinajstić information content (AvgIpc) is 2.90. The summed E-state index contributed by atoms with van der Waals surface area (Å²) in [5.41, 5.74) is 2.79. The molecule has 2 aromatic carbocycles. The molecule has 0 bridgehead atoms. The van der Waals surface area contributed by atoms with E-state index in [4.69, 9.17) is 11.6 Å². The molecule has 0 aliphatic heterocycles. The van der Waals surface area contributed by atoms with E-state index in [-0.39, 0.29) is 5.91 Å². The summed E-state index contributed by atoms with van der Waals surface area (Å²) in [7, 11) is 0. The topological polar surface area (TPSA) is 46.9 Å². The van der Waals surface area contributed by atoms with Crippen molar-refractivity contribution in [2.45, 2.75) is 26.4 Å². The van der Waals surface area contributed by atoms with Crippen LogP contribution in [-0.4, -0.2) is 15.7 Å². The van der Waals surface area contributed by atoms with Crippen LogP contribution in [0.25, 0.3) is 10.9 Å². The molecule has 4 nitrogen and oxygen atoms in total. The van der Waals surface area contributed by atoms with Crippen molar-refractivity contribution in [2.24, 2.45) is 0 Å². The van der Waals surface area contributed by atoms with Crippen molar-refractivity contribution < 1.29 is 4.79 Å². The first kappa shape index (κ1) is 15.6. The van der Waals surface area contributed by atoms with Crippen LogP contribution >= 0.6 is 11.6 Å². The van der Waals surface area contributed by atoms with Crippen LogP contribution in [0.3, 0.4) is 0 Å². The third-order valence-corrected chi connectivity index (χ3v) is 4.32. The zero-order valence-corrected chi connectivity index (χ0v) is 13.8. The van der Waals surface area contributed by atoms with E-state index in [0.29, 0.717) is 11.6 Å². The van der Waals surface area contributed by atoms with Crippen LogP contribution in [0.4, 0.5) is 0 Å². The highest BCUT2D eigenvalue weighted by atomic mass is 35.5.